The molecule has 0 aliphatic carbocycles. The quantitative estimate of drug-likeness (QED) is 0.303. The molecule has 0 aromatic heterocycles. The molecule has 0 saturated heterocycles. The van der Waals surface area contributed by atoms with Crippen molar-refractivity contribution in [2.24, 2.45) is 0 Å². The first-order chi connectivity index (χ1) is 0. The van der Waals surface area contributed by atoms with Crippen molar-refractivity contribution in [3.8, 4) is 0 Å². The molecule has 5 heavy (non-hydrogen) atoms. The molecule has 0 saturated carbocycles. The minimum atomic E-state index is 0. The Morgan fingerprint density at radius 1 is 0.600 bits per heavy atom. The first-order valence-corrected chi connectivity index (χ1v) is 0. The van der Waals surface area contributed by atoms with Crippen LogP contribution in [0.2, 0.25) is 0 Å². The normalized spacial score (nSPS) is 0. The summed E-state index contributed by atoms with van der Waals surface area (Å²) in [4.78, 5) is 0. The molecule has 0 amide bonds. The van der Waals surface area contributed by atoms with E-state index in [1.54, 1.807) is 0 Å². The van der Waals surface area contributed by atoms with Crippen molar-refractivity contribution in [2.45, 2.75) is 0 Å². The van der Waals surface area contributed by atoms with Crippen LogP contribution >= 0.6 is 0 Å². The van der Waals surface area contributed by atoms with Gasteiger partial charge in [0.2, 0.25) is 0 Å². The van der Waals surface area contributed by atoms with Gasteiger partial charge < -0.3 is 50.9 Å². The average Bonchev–Trinajstić information content (AvgIpc) is 0. The maximum Gasteiger partial charge on any atom is 2.00 e. The van der Waals surface area contributed by atoms with Gasteiger partial charge >= 0.3 is 65.4 Å². The van der Waals surface area contributed by atoms with Crippen LogP contribution in [0.25, 0.3) is 0 Å². The summed E-state index contributed by atoms with van der Waals surface area (Å²) in [6.45, 7) is 0. The Morgan fingerprint density at radius 3 is 0.600 bits per heavy atom. The second kappa shape index (κ2) is 25.4. The Kier molecular flexibility index (Phi) is 194. The zero-order valence-electron chi connectivity index (χ0n) is 2.55. The third-order valence-electron chi connectivity index (χ3n) is 0. The fourth-order valence-corrected chi connectivity index (χ4v) is 0. The van der Waals surface area contributed by atoms with Gasteiger partial charge in [-0.25, -0.2) is 0 Å². The molecule has 0 atom stereocenters. The predicted octanol–water partition coefficient (Wildman–Crippen LogP) is -9.37. The van der Waals surface area contributed by atoms with Gasteiger partial charge in [-0.05, 0) is 0 Å². The van der Waals surface area contributed by atoms with Crippen LogP contribution in [0.1, 0.15) is 0 Å². The summed E-state index contributed by atoms with van der Waals surface area (Å²) >= 11 is 0. The smallest absolute Gasteiger partial charge is 1.00 e. The van der Waals surface area contributed by atoms with Crippen molar-refractivity contribution in [3.05, 3.63) is 0 Å². The molecular weight excluding hydrogens is 480 g/mol. The van der Waals surface area contributed by atoms with Gasteiger partial charge in [0.05, 0.1) is 0 Å². The van der Waals surface area contributed by atoms with Gasteiger partial charge in [0.15, 0.2) is 0 Å². The van der Waals surface area contributed by atoms with Crippen LogP contribution in [0.4, 0.5) is 0 Å². The predicted molar refractivity (Wildman–Crippen MR) is 5.75 cm³/mol. The van der Waals surface area contributed by atoms with Gasteiger partial charge in [-0.1, -0.05) is 0 Å². The van der Waals surface area contributed by atoms with Gasteiger partial charge in [0.25, 0.3) is 0 Å². The second-order valence-corrected chi connectivity index (χ2v) is 0. The van der Waals surface area contributed by atoms with E-state index in [1.165, 1.54) is 0 Å². The van der Waals surface area contributed by atoms with E-state index in [-0.39, 0.29) is 116 Å². The first-order valence-electron chi connectivity index (χ1n) is 0. The minimum absolute atomic E-state index is 0. The topological polar surface area (TPSA) is 0 Å². The summed E-state index contributed by atoms with van der Waals surface area (Å²) < 4.78 is 0. The van der Waals surface area contributed by atoms with Gasteiger partial charge in [-0.2, -0.15) is 0 Å². The summed E-state index contributed by atoms with van der Waals surface area (Å²) in [5, 5.41) is 0. The van der Waals surface area contributed by atoms with Crippen LogP contribution < -0.4 is 50.9 Å². The third kappa shape index (κ3) is 18.3. The molecule has 0 aromatic carbocycles. The molecule has 0 bridgehead atoms. The van der Waals surface area contributed by atoms with E-state index in [1.807, 2.05) is 0 Å². The summed E-state index contributed by atoms with van der Waals surface area (Å²) in [7, 11) is 0. The molecule has 0 rings (SSSR count). The van der Waals surface area contributed by atoms with E-state index in [0.717, 1.165) is 0 Å². The Labute approximate surface area is 114 Å². The Morgan fingerprint density at radius 2 is 0.600 bits per heavy atom. The molecule has 25 valence electrons. The molecule has 0 heterocycles. The average molecular weight is 480 g/mol. The van der Waals surface area contributed by atoms with Crippen LogP contribution in [-0.4, -0.2) is 37.7 Å². The molecule has 1 radical (unpaired) electrons. The standard InChI is InChI=1S/3BrH.Ca.Hg/h3*1H;;/q;;;+2;+1/p-3. The van der Waals surface area contributed by atoms with Gasteiger partial charge in [-0.3, -0.25) is 0 Å². The second-order valence-electron chi connectivity index (χ2n) is 0. The Balaban J connectivity index is 0. The van der Waals surface area contributed by atoms with E-state index in [2.05, 4.69) is 0 Å². The summed E-state index contributed by atoms with van der Waals surface area (Å²) in [6.07, 6.45) is 0. The third-order valence-corrected chi connectivity index (χ3v) is 0. The molecule has 0 fully saturated rings. The maximum atomic E-state index is 0. The Hall–Kier alpha value is 3.63. The fourth-order valence-electron chi connectivity index (χ4n) is 0. The minimum Gasteiger partial charge on any atom is -1.00 e. The molecule has 0 unspecified atom stereocenters. The van der Waals surface area contributed by atoms with Gasteiger partial charge in [-0.15, -0.1) is 0 Å². The van der Waals surface area contributed by atoms with Crippen molar-refractivity contribution in [2.75, 3.05) is 0 Å². The fraction of sp³-hybridized carbons (Fsp3) is 0. The molecule has 0 aliphatic heterocycles. The molecular formula is Br3CaHg. The van der Waals surface area contributed by atoms with Crippen LogP contribution in [-0.2, 0) is 27.7 Å². The molecule has 5 heteroatoms. The van der Waals surface area contributed by atoms with Gasteiger partial charge in [0.1, 0.15) is 0 Å². The van der Waals surface area contributed by atoms with E-state index in [4.69, 9.17) is 0 Å². The van der Waals surface area contributed by atoms with Crippen LogP contribution in [0.15, 0.2) is 0 Å². The van der Waals surface area contributed by atoms with Crippen LogP contribution in [0, 0.1) is 0 Å². The molecule has 0 nitrogen and oxygen atoms in total. The molecule has 0 N–H and O–H groups in total. The van der Waals surface area contributed by atoms with Crippen molar-refractivity contribution in [1.29, 1.82) is 0 Å². The van der Waals surface area contributed by atoms with Crippen molar-refractivity contribution >= 4 is 37.7 Å². The van der Waals surface area contributed by atoms with E-state index in [0.29, 0.717) is 0 Å². The Bertz CT molecular complexity index is 6.85. The van der Waals surface area contributed by atoms with Crippen LogP contribution in [0.3, 0.4) is 0 Å². The van der Waals surface area contributed by atoms with E-state index >= 15 is 0 Å². The summed E-state index contributed by atoms with van der Waals surface area (Å²) in [5.41, 5.74) is 0. The molecule has 0 spiro atoms. The zero-order chi connectivity index (χ0) is 0. The molecule has 0 aromatic rings. The number of hydrogen-bond acceptors (Lipinski definition) is 0. The SMILES string of the molecule is [Br-].[Br-].[Br-].[Ca+2].[Hg+]. The van der Waals surface area contributed by atoms with Crippen molar-refractivity contribution < 1.29 is 78.6 Å². The van der Waals surface area contributed by atoms with Crippen LogP contribution in [0.5, 0.6) is 0 Å². The molecule has 0 aliphatic rings. The number of rotatable bonds is 0. The largest absolute Gasteiger partial charge is 2.00 e. The van der Waals surface area contributed by atoms with E-state index < -0.39 is 0 Å². The monoisotopic (exact) mass is 479 g/mol. The zero-order valence-corrected chi connectivity index (χ0v) is 15.0. The maximum absolute atomic E-state index is 0. The number of halogens is 3. The van der Waals surface area contributed by atoms with E-state index in [9.17, 15) is 0 Å². The summed E-state index contributed by atoms with van der Waals surface area (Å²) in [6, 6.07) is 0. The van der Waals surface area contributed by atoms with Crippen molar-refractivity contribution in [1.82, 2.24) is 0 Å². The first kappa shape index (κ1) is 38.1. The van der Waals surface area contributed by atoms with Gasteiger partial charge in [0, 0.05) is 0 Å². The van der Waals surface area contributed by atoms with Crippen molar-refractivity contribution in [3.63, 3.8) is 0 Å². The summed E-state index contributed by atoms with van der Waals surface area (Å²) in [5.74, 6) is 0. The number of hydrogen-bond donors (Lipinski definition) is 0.